The van der Waals surface area contributed by atoms with E-state index in [1.165, 1.54) is 22.0 Å². The van der Waals surface area contributed by atoms with E-state index in [1.807, 2.05) is 26.0 Å². The normalized spacial score (nSPS) is 13.5. The SMILES string of the molecule is Cc1ccc(-c2c(C)c3c4c(Cl)cc(=O)[nH]c4ccc3n2CC(O)C(F)(F)F)s1. The topological polar surface area (TPSA) is 58.0 Å². The fraction of sp³-hybridized carbons (Fsp3) is 0.250. The van der Waals surface area contributed by atoms with E-state index in [0.717, 1.165) is 15.3 Å². The van der Waals surface area contributed by atoms with Gasteiger partial charge in [-0.15, -0.1) is 11.3 Å². The molecule has 0 aliphatic heterocycles. The Balaban J connectivity index is 2.11. The molecular formula is C20H16ClF3N2O2S. The minimum absolute atomic E-state index is 0.222. The largest absolute Gasteiger partial charge is 0.416 e. The Kier molecular flexibility index (Phi) is 4.76. The second kappa shape index (κ2) is 6.90. The number of hydrogen-bond acceptors (Lipinski definition) is 3. The highest BCUT2D eigenvalue weighted by molar-refractivity contribution is 7.15. The van der Waals surface area contributed by atoms with Crippen LogP contribution in [0.1, 0.15) is 10.4 Å². The maximum absolute atomic E-state index is 13.1. The van der Waals surface area contributed by atoms with E-state index in [9.17, 15) is 23.1 Å². The van der Waals surface area contributed by atoms with Gasteiger partial charge in [0, 0.05) is 27.2 Å². The molecule has 4 nitrogen and oxygen atoms in total. The smallest absolute Gasteiger partial charge is 0.382 e. The molecule has 0 spiro atoms. The number of alkyl halides is 3. The fourth-order valence-corrected chi connectivity index (χ4v) is 4.97. The number of aliphatic hydroxyl groups excluding tert-OH is 1. The number of pyridine rings is 1. The van der Waals surface area contributed by atoms with Crippen LogP contribution in [-0.2, 0) is 6.54 Å². The van der Waals surface area contributed by atoms with Crippen molar-refractivity contribution < 1.29 is 18.3 Å². The highest BCUT2D eigenvalue weighted by Gasteiger charge is 2.39. The van der Waals surface area contributed by atoms with Gasteiger partial charge in [0.05, 0.1) is 27.7 Å². The quantitative estimate of drug-likeness (QED) is 0.448. The molecule has 152 valence electrons. The number of thiophene rings is 1. The van der Waals surface area contributed by atoms with E-state index in [4.69, 9.17) is 11.6 Å². The fourth-order valence-electron chi connectivity index (χ4n) is 3.69. The van der Waals surface area contributed by atoms with Gasteiger partial charge >= 0.3 is 6.18 Å². The molecule has 4 aromatic rings. The van der Waals surface area contributed by atoms with Gasteiger partial charge in [-0.2, -0.15) is 13.2 Å². The van der Waals surface area contributed by atoms with Crippen molar-refractivity contribution in [3.8, 4) is 10.6 Å². The van der Waals surface area contributed by atoms with E-state index < -0.39 is 18.8 Å². The minimum Gasteiger partial charge on any atom is -0.382 e. The van der Waals surface area contributed by atoms with Crippen LogP contribution in [0.4, 0.5) is 13.2 Å². The van der Waals surface area contributed by atoms with Crippen LogP contribution >= 0.6 is 22.9 Å². The van der Waals surface area contributed by atoms with Gasteiger partial charge in [0.2, 0.25) is 5.56 Å². The first-order valence-corrected chi connectivity index (χ1v) is 9.93. The standard InChI is InChI=1S/C20H16ClF3N2O2S/c1-9-3-6-14(29-9)19-10(2)17-13(26(19)8-15(27)20(22,23)24)5-4-12-18(17)11(21)7-16(28)25-12/h3-7,15,27H,8H2,1-2H3,(H,25,28). The van der Waals surface area contributed by atoms with Crippen molar-refractivity contribution >= 4 is 44.7 Å². The number of aromatic amines is 1. The maximum atomic E-state index is 13.1. The van der Waals surface area contributed by atoms with Gasteiger partial charge in [-0.25, -0.2) is 0 Å². The summed E-state index contributed by atoms with van der Waals surface area (Å²) in [7, 11) is 0. The summed E-state index contributed by atoms with van der Waals surface area (Å²) < 4.78 is 40.8. The Morgan fingerprint density at radius 1 is 1.21 bits per heavy atom. The van der Waals surface area contributed by atoms with Crippen molar-refractivity contribution in [2.75, 3.05) is 0 Å². The highest BCUT2D eigenvalue weighted by Crippen LogP contribution is 2.41. The van der Waals surface area contributed by atoms with E-state index in [-0.39, 0.29) is 10.6 Å². The third-order valence-corrected chi connectivity index (χ3v) is 6.24. The molecule has 1 atom stereocenters. The number of H-pyrrole nitrogens is 1. The molecule has 3 heterocycles. The molecule has 9 heteroatoms. The summed E-state index contributed by atoms with van der Waals surface area (Å²) in [6, 6.07) is 8.25. The molecule has 2 N–H and O–H groups in total. The molecule has 1 unspecified atom stereocenters. The van der Waals surface area contributed by atoms with E-state index in [0.29, 0.717) is 27.5 Å². The first-order chi connectivity index (χ1) is 13.6. The number of rotatable bonds is 3. The number of aromatic nitrogens is 2. The Morgan fingerprint density at radius 2 is 1.93 bits per heavy atom. The molecule has 0 saturated carbocycles. The van der Waals surface area contributed by atoms with Crippen LogP contribution < -0.4 is 5.56 Å². The minimum atomic E-state index is -4.74. The van der Waals surface area contributed by atoms with Crippen LogP contribution in [0.2, 0.25) is 5.02 Å². The summed E-state index contributed by atoms with van der Waals surface area (Å²) in [5.41, 5.74) is 1.97. The Morgan fingerprint density at radius 3 is 2.55 bits per heavy atom. The lowest BCUT2D eigenvalue weighted by atomic mass is 10.1. The number of benzene rings is 1. The van der Waals surface area contributed by atoms with Crippen molar-refractivity contribution in [2.24, 2.45) is 0 Å². The summed E-state index contributed by atoms with van der Waals surface area (Å²) >= 11 is 7.80. The average molecular weight is 441 g/mol. The molecule has 4 rings (SSSR count). The van der Waals surface area contributed by atoms with E-state index in [1.54, 1.807) is 12.1 Å². The van der Waals surface area contributed by atoms with Crippen molar-refractivity contribution in [2.45, 2.75) is 32.7 Å². The molecular weight excluding hydrogens is 425 g/mol. The van der Waals surface area contributed by atoms with Crippen molar-refractivity contribution in [3.63, 3.8) is 0 Å². The Bertz CT molecular complexity index is 1300. The lowest BCUT2D eigenvalue weighted by Crippen LogP contribution is -2.32. The van der Waals surface area contributed by atoms with Crippen molar-refractivity contribution in [3.05, 3.63) is 56.1 Å². The number of halogens is 4. The Hall–Kier alpha value is -2.29. The molecule has 0 fully saturated rings. The molecule has 0 saturated heterocycles. The number of aliphatic hydroxyl groups is 1. The van der Waals surface area contributed by atoms with Gasteiger partial charge in [0.15, 0.2) is 6.10 Å². The summed E-state index contributed by atoms with van der Waals surface area (Å²) in [4.78, 5) is 16.3. The second-order valence-corrected chi connectivity index (χ2v) is 8.61. The van der Waals surface area contributed by atoms with Crippen LogP contribution in [0.15, 0.2) is 35.1 Å². The maximum Gasteiger partial charge on any atom is 0.416 e. The van der Waals surface area contributed by atoms with Gasteiger partial charge in [0.1, 0.15) is 0 Å². The molecule has 0 bridgehead atoms. The summed E-state index contributed by atoms with van der Waals surface area (Å²) in [5, 5.41) is 11.2. The molecule has 1 aromatic carbocycles. The third kappa shape index (κ3) is 3.35. The monoisotopic (exact) mass is 440 g/mol. The molecule has 3 aromatic heterocycles. The van der Waals surface area contributed by atoms with Crippen LogP contribution in [0.3, 0.4) is 0 Å². The number of nitrogens with zero attached hydrogens (tertiary/aromatic N) is 1. The van der Waals surface area contributed by atoms with Gasteiger partial charge in [-0.05, 0) is 43.7 Å². The van der Waals surface area contributed by atoms with Gasteiger partial charge in [-0.3, -0.25) is 4.79 Å². The van der Waals surface area contributed by atoms with E-state index in [2.05, 4.69) is 4.98 Å². The third-order valence-electron chi connectivity index (χ3n) is 4.94. The summed E-state index contributed by atoms with van der Waals surface area (Å²) in [6.45, 7) is 3.08. The molecule has 0 aliphatic carbocycles. The lowest BCUT2D eigenvalue weighted by molar-refractivity contribution is -0.207. The number of fused-ring (bicyclic) bond motifs is 3. The summed E-state index contributed by atoms with van der Waals surface area (Å²) in [5.74, 6) is 0. The first-order valence-electron chi connectivity index (χ1n) is 8.74. The first kappa shape index (κ1) is 20.0. The van der Waals surface area contributed by atoms with Gasteiger partial charge in [0.25, 0.3) is 0 Å². The van der Waals surface area contributed by atoms with Gasteiger partial charge < -0.3 is 14.7 Å². The van der Waals surface area contributed by atoms with Crippen LogP contribution in [0, 0.1) is 13.8 Å². The molecule has 0 aliphatic rings. The van der Waals surface area contributed by atoms with Crippen LogP contribution in [0.25, 0.3) is 32.4 Å². The predicted molar refractivity (Wildman–Crippen MR) is 110 cm³/mol. The van der Waals surface area contributed by atoms with Crippen LogP contribution in [-0.4, -0.2) is 26.9 Å². The zero-order valence-corrected chi connectivity index (χ0v) is 17.0. The predicted octanol–water partition coefficient (Wildman–Crippen LogP) is 5.40. The molecule has 0 amide bonds. The average Bonchev–Trinajstić information content (AvgIpc) is 3.15. The number of hydrogen-bond donors (Lipinski definition) is 2. The second-order valence-electron chi connectivity index (χ2n) is 6.92. The Labute approximate surface area is 172 Å². The lowest BCUT2D eigenvalue weighted by Gasteiger charge is -2.18. The molecule has 29 heavy (non-hydrogen) atoms. The number of nitrogens with one attached hydrogen (secondary N) is 1. The molecule has 0 radical (unpaired) electrons. The van der Waals surface area contributed by atoms with Gasteiger partial charge in [-0.1, -0.05) is 11.6 Å². The summed E-state index contributed by atoms with van der Waals surface area (Å²) in [6.07, 6.45) is -7.26. The zero-order chi connectivity index (χ0) is 21.1. The van der Waals surface area contributed by atoms with E-state index >= 15 is 0 Å². The number of aryl methyl sites for hydroxylation is 2. The highest BCUT2D eigenvalue weighted by atomic mass is 35.5. The van der Waals surface area contributed by atoms with Crippen molar-refractivity contribution in [1.29, 1.82) is 0 Å². The zero-order valence-electron chi connectivity index (χ0n) is 15.4. The van der Waals surface area contributed by atoms with Crippen molar-refractivity contribution in [1.82, 2.24) is 9.55 Å². The van der Waals surface area contributed by atoms with Crippen LogP contribution in [0.5, 0.6) is 0 Å².